The highest BCUT2D eigenvalue weighted by Gasteiger charge is 2.33. The van der Waals surface area contributed by atoms with Crippen LogP contribution in [0.15, 0.2) is 11.1 Å². The summed E-state index contributed by atoms with van der Waals surface area (Å²) in [4.78, 5) is 22.7. The van der Waals surface area contributed by atoms with Gasteiger partial charge in [0.05, 0.1) is 0 Å². The molecule has 2 heteroatoms. The Labute approximate surface area is 71.6 Å². The van der Waals surface area contributed by atoms with Crippen LogP contribution in [0.4, 0.5) is 0 Å². The van der Waals surface area contributed by atoms with Crippen molar-refractivity contribution in [1.29, 1.82) is 0 Å². The van der Waals surface area contributed by atoms with Crippen molar-refractivity contribution >= 4 is 11.6 Å². The molecule has 2 rings (SSSR count). The van der Waals surface area contributed by atoms with Crippen LogP contribution in [0.25, 0.3) is 0 Å². The van der Waals surface area contributed by atoms with Crippen LogP contribution in [-0.2, 0) is 9.59 Å². The van der Waals surface area contributed by atoms with Crippen LogP contribution in [0.2, 0.25) is 0 Å². The summed E-state index contributed by atoms with van der Waals surface area (Å²) in [6.45, 7) is 2.05. The van der Waals surface area contributed by atoms with Gasteiger partial charge >= 0.3 is 0 Å². The van der Waals surface area contributed by atoms with Crippen LogP contribution in [0.3, 0.4) is 0 Å². The van der Waals surface area contributed by atoms with Crippen LogP contribution in [-0.4, -0.2) is 11.6 Å². The molecule has 12 heavy (non-hydrogen) atoms. The summed E-state index contributed by atoms with van der Waals surface area (Å²) >= 11 is 0. The molecule has 64 valence electrons. The van der Waals surface area contributed by atoms with Gasteiger partial charge in [-0.15, -0.1) is 0 Å². The Bertz CT molecular complexity index is 286. The highest BCUT2D eigenvalue weighted by molar-refractivity contribution is 6.11. The Morgan fingerprint density at radius 3 is 2.50 bits per heavy atom. The molecule has 0 spiro atoms. The van der Waals surface area contributed by atoms with Gasteiger partial charge in [-0.25, -0.2) is 0 Å². The summed E-state index contributed by atoms with van der Waals surface area (Å²) in [5.41, 5.74) is 1.70. The first-order valence-corrected chi connectivity index (χ1v) is 4.49. The lowest BCUT2D eigenvalue weighted by Gasteiger charge is -2.18. The molecule has 0 radical (unpaired) electrons. The van der Waals surface area contributed by atoms with E-state index in [0.29, 0.717) is 25.2 Å². The van der Waals surface area contributed by atoms with E-state index >= 15 is 0 Å². The molecular weight excluding hydrogens is 152 g/mol. The van der Waals surface area contributed by atoms with Gasteiger partial charge in [0.25, 0.3) is 0 Å². The number of carbonyl (C=O) groups excluding carboxylic acids is 2. The molecule has 0 fully saturated rings. The van der Waals surface area contributed by atoms with E-state index in [1.807, 2.05) is 6.92 Å². The molecule has 0 N–H and O–H groups in total. The number of allylic oxidation sites excluding steroid dienone is 2. The molecule has 0 saturated carbocycles. The molecule has 0 aromatic carbocycles. The highest BCUT2D eigenvalue weighted by atomic mass is 16.1. The SMILES string of the molecule is CC1CCC(=O)C2=C1C(=O)CC2. The van der Waals surface area contributed by atoms with Crippen molar-refractivity contribution in [2.45, 2.75) is 32.6 Å². The van der Waals surface area contributed by atoms with E-state index in [9.17, 15) is 9.59 Å². The standard InChI is InChI=1S/C10H12O2/c1-6-2-4-8(11)7-3-5-9(12)10(6)7/h6H,2-5H2,1H3. The molecule has 1 unspecified atom stereocenters. The van der Waals surface area contributed by atoms with E-state index < -0.39 is 0 Å². The van der Waals surface area contributed by atoms with Gasteiger partial charge in [0.2, 0.25) is 0 Å². The van der Waals surface area contributed by atoms with E-state index in [0.717, 1.165) is 17.6 Å². The molecule has 1 atom stereocenters. The van der Waals surface area contributed by atoms with Crippen LogP contribution in [0.1, 0.15) is 32.6 Å². The van der Waals surface area contributed by atoms with E-state index in [-0.39, 0.29) is 11.6 Å². The quantitative estimate of drug-likeness (QED) is 0.545. The Kier molecular flexibility index (Phi) is 1.63. The fraction of sp³-hybridized carbons (Fsp3) is 0.600. The zero-order valence-corrected chi connectivity index (χ0v) is 7.22. The third kappa shape index (κ3) is 0.942. The average molecular weight is 164 g/mol. The minimum absolute atomic E-state index is 0.213. The summed E-state index contributed by atoms with van der Waals surface area (Å²) < 4.78 is 0. The number of carbonyl (C=O) groups is 2. The fourth-order valence-electron chi connectivity index (χ4n) is 2.18. The van der Waals surface area contributed by atoms with Gasteiger partial charge in [-0.05, 0) is 18.8 Å². The van der Waals surface area contributed by atoms with Crippen molar-refractivity contribution in [3.63, 3.8) is 0 Å². The molecule has 0 aliphatic heterocycles. The van der Waals surface area contributed by atoms with Crippen molar-refractivity contribution in [1.82, 2.24) is 0 Å². The maximum atomic E-state index is 11.4. The van der Waals surface area contributed by atoms with Crippen LogP contribution in [0, 0.1) is 5.92 Å². The van der Waals surface area contributed by atoms with Crippen molar-refractivity contribution < 1.29 is 9.59 Å². The van der Waals surface area contributed by atoms with E-state index in [2.05, 4.69) is 0 Å². The Balaban J connectivity index is 2.45. The predicted octanol–water partition coefficient (Wildman–Crippen LogP) is 1.64. The summed E-state index contributed by atoms with van der Waals surface area (Å²) in [5.74, 6) is 0.757. The van der Waals surface area contributed by atoms with Gasteiger partial charge in [0, 0.05) is 24.0 Å². The minimum atomic E-state index is 0.213. The molecule has 2 aliphatic rings. The molecule has 0 heterocycles. The zero-order chi connectivity index (χ0) is 8.72. The van der Waals surface area contributed by atoms with Gasteiger partial charge in [0.1, 0.15) is 0 Å². The smallest absolute Gasteiger partial charge is 0.159 e. The lowest BCUT2D eigenvalue weighted by molar-refractivity contribution is -0.118. The topological polar surface area (TPSA) is 34.1 Å². The second kappa shape index (κ2) is 2.54. The summed E-state index contributed by atoms with van der Waals surface area (Å²) in [6.07, 6.45) is 2.79. The van der Waals surface area contributed by atoms with Gasteiger partial charge < -0.3 is 0 Å². The van der Waals surface area contributed by atoms with Crippen molar-refractivity contribution in [3.05, 3.63) is 11.1 Å². The van der Waals surface area contributed by atoms with Gasteiger partial charge in [0.15, 0.2) is 11.6 Å². The third-order valence-electron chi connectivity index (χ3n) is 2.86. The monoisotopic (exact) mass is 164 g/mol. The first kappa shape index (κ1) is 7.71. The van der Waals surface area contributed by atoms with E-state index in [1.165, 1.54) is 0 Å². The summed E-state index contributed by atoms with van der Waals surface area (Å²) in [5, 5.41) is 0. The van der Waals surface area contributed by atoms with Crippen molar-refractivity contribution in [2.75, 3.05) is 0 Å². The second-order valence-corrected chi connectivity index (χ2v) is 3.68. The Morgan fingerprint density at radius 1 is 1.08 bits per heavy atom. The number of rotatable bonds is 0. The van der Waals surface area contributed by atoms with Crippen LogP contribution in [0.5, 0.6) is 0 Å². The zero-order valence-electron chi connectivity index (χ0n) is 7.22. The van der Waals surface area contributed by atoms with Crippen LogP contribution >= 0.6 is 0 Å². The van der Waals surface area contributed by atoms with Crippen molar-refractivity contribution in [2.24, 2.45) is 5.92 Å². The number of ketones is 2. The largest absolute Gasteiger partial charge is 0.295 e. The molecule has 0 saturated heterocycles. The Morgan fingerprint density at radius 2 is 1.83 bits per heavy atom. The lowest BCUT2D eigenvalue weighted by Crippen LogP contribution is -2.17. The number of hydrogen-bond donors (Lipinski definition) is 0. The average Bonchev–Trinajstić information content (AvgIpc) is 2.42. The molecule has 2 nitrogen and oxygen atoms in total. The molecular formula is C10H12O2. The summed E-state index contributed by atoms with van der Waals surface area (Å²) in [6, 6.07) is 0. The Hall–Kier alpha value is -0.920. The number of hydrogen-bond acceptors (Lipinski definition) is 2. The van der Waals surface area contributed by atoms with E-state index in [4.69, 9.17) is 0 Å². The first-order valence-electron chi connectivity index (χ1n) is 4.49. The van der Waals surface area contributed by atoms with Crippen molar-refractivity contribution in [3.8, 4) is 0 Å². The van der Waals surface area contributed by atoms with Gasteiger partial charge in [-0.1, -0.05) is 6.92 Å². The predicted molar refractivity (Wildman–Crippen MR) is 44.7 cm³/mol. The third-order valence-corrected chi connectivity index (χ3v) is 2.86. The maximum absolute atomic E-state index is 11.4. The number of Topliss-reactive ketones (excluding diaryl/α,β-unsaturated/α-hetero) is 2. The summed E-state index contributed by atoms with van der Waals surface area (Å²) in [7, 11) is 0. The minimum Gasteiger partial charge on any atom is -0.295 e. The van der Waals surface area contributed by atoms with Gasteiger partial charge in [-0.2, -0.15) is 0 Å². The van der Waals surface area contributed by atoms with Gasteiger partial charge in [-0.3, -0.25) is 9.59 Å². The molecule has 0 aromatic heterocycles. The molecule has 0 bridgehead atoms. The molecule has 0 amide bonds. The fourth-order valence-corrected chi connectivity index (χ4v) is 2.18. The molecule has 0 aromatic rings. The normalized spacial score (nSPS) is 29.6. The second-order valence-electron chi connectivity index (χ2n) is 3.68. The molecule has 2 aliphatic carbocycles. The highest BCUT2D eigenvalue weighted by Crippen LogP contribution is 2.36. The first-order chi connectivity index (χ1) is 5.70. The maximum Gasteiger partial charge on any atom is 0.159 e. The van der Waals surface area contributed by atoms with Crippen LogP contribution < -0.4 is 0 Å². The van der Waals surface area contributed by atoms with E-state index in [1.54, 1.807) is 0 Å². The lowest BCUT2D eigenvalue weighted by atomic mass is 9.84.